The van der Waals surface area contributed by atoms with Crippen LogP contribution in [0, 0.1) is 0 Å². The van der Waals surface area contributed by atoms with Crippen molar-refractivity contribution in [3.63, 3.8) is 0 Å². The lowest BCUT2D eigenvalue weighted by atomic mass is 10.2. The molecule has 2 fully saturated rings. The van der Waals surface area contributed by atoms with Crippen molar-refractivity contribution in [2.75, 3.05) is 39.3 Å². The molecule has 2 aliphatic heterocycles. The molecule has 0 spiro atoms. The Morgan fingerprint density at radius 3 is 2.15 bits per heavy atom. The molecule has 1 N–H and O–H groups in total. The summed E-state index contributed by atoms with van der Waals surface area (Å²) in [5, 5.41) is 9.04. The summed E-state index contributed by atoms with van der Waals surface area (Å²) in [5.41, 5.74) is 0. The van der Waals surface area contributed by atoms with Gasteiger partial charge in [-0.2, -0.15) is 0 Å². The Balaban J connectivity index is 1.71. The normalized spacial score (nSPS) is 31.6. The molecule has 0 amide bonds. The van der Waals surface area contributed by atoms with Gasteiger partial charge in [0.1, 0.15) is 6.04 Å². The van der Waals surface area contributed by atoms with E-state index in [1.165, 1.54) is 12.8 Å². The summed E-state index contributed by atoms with van der Waals surface area (Å²) < 4.78 is 0. The van der Waals surface area contributed by atoms with Crippen molar-refractivity contribution < 1.29 is 9.90 Å². The van der Waals surface area contributed by atoms with Crippen molar-refractivity contribution in [2.45, 2.75) is 51.7 Å². The van der Waals surface area contributed by atoms with Gasteiger partial charge in [0.05, 0.1) is 0 Å². The van der Waals surface area contributed by atoms with E-state index in [0.29, 0.717) is 0 Å². The number of carbonyl (C=O) groups is 1. The van der Waals surface area contributed by atoms with E-state index in [1.54, 1.807) is 6.92 Å². The summed E-state index contributed by atoms with van der Waals surface area (Å²) in [5.74, 6) is -0.710. The maximum Gasteiger partial charge on any atom is 0.320 e. The van der Waals surface area contributed by atoms with E-state index in [4.69, 9.17) is 5.11 Å². The van der Waals surface area contributed by atoms with Gasteiger partial charge < -0.3 is 5.11 Å². The van der Waals surface area contributed by atoms with Crippen LogP contribution in [0.25, 0.3) is 0 Å². The first-order valence-electron chi connectivity index (χ1n) is 7.94. The zero-order valence-corrected chi connectivity index (χ0v) is 13.1. The Morgan fingerprint density at radius 2 is 1.65 bits per heavy atom. The van der Waals surface area contributed by atoms with Gasteiger partial charge in [-0.1, -0.05) is 0 Å². The first kappa shape index (κ1) is 15.7. The van der Waals surface area contributed by atoms with Crippen LogP contribution in [0.1, 0.15) is 33.6 Å². The number of carboxylic acids is 1. The van der Waals surface area contributed by atoms with Crippen LogP contribution < -0.4 is 0 Å². The van der Waals surface area contributed by atoms with Crippen LogP contribution in [0.2, 0.25) is 0 Å². The molecule has 0 radical (unpaired) electrons. The highest BCUT2D eigenvalue weighted by molar-refractivity contribution is 5.72. The Labute approximate surface area is 122 Å². The number of hydrogen-bond acceptors (Lipinski definition) is 4. The van der Waals surface area contributed by atoms with Gasteiger partial charge in [-0.15, -0.1) is 0 Å². The topological polar surface area (TPSA) is 47.0 Å². The molecule has 0 aliphatic carbocycles. The van der Waals surface area contributed by atoms with Crippen LogP contribution in [0.3, 0.4) is 0 Å². The predicted octanol–water partition coefficient (Wildman–Crippen LogP) is 0.950. The van der Waals surface area contributed by atoms with E-state index in [2.05, 4.69) is 28.5 Å². The third-order valence-electron chi connectivity index (χ3n) is 5.12. The molecule has 0 aromatic heterocycles. The second-order valence-electron chi connectivity index (χ2n) is 6.41. The van der Waals surface area contributed by atoms with E-state index in [1.807, 2.05) is 0 Å². The van der Waals surface area contributed by atoms with Crippen molar-refractivity contribution in [1.82, 2.24) is 14.7 Å². The molecule has 5 heteroatoms. The number of aliphatic carboxylic acids is 1. The smallest absolute Gasteiger partial charge is 0.320 e. The zero-order chi connectivity index (χ0) is 14.7. The standard InChI is InChI=1S/C15H29N3O2/c1-12-4-5-13(2)18(12)11-8-16-6-9-17(10-7-16)14(3)15(19)20/h12-14H,4-11H2,1-3H3,(H,19,20)/t12-,13-,14+/m0/s1. The third kappa shape index (κ3) is 3.71. The fourth-order valence-electron chi connectivity index (χ4n) is 3.48. The van der Waals surface area contributed by atoms with Crippen molar-refractivity contribution in [3.8, 4) is 0 Å². The average Bonchev–Trinajstić information content (AvgIpc) is 2.75. The highest BCUT2D eigenvalue weighted by atomic mass is 16.4. The van der Waals surface area contributed by atoms with E-state index in [-0.39, 0.29) is 6.04 Å². The molecule has 0 bridgehead atoms. The monoisotopic (exact) mass is 283 g/mol. The van der Waals surface area contributed by atoms with Gasteiger partial charge in [-0.3, -0.25) is 19.5 Å². The van der Waals surface area contributed by atoms with Gasteiger partial charge >= 0.3 is 5.97 Å². The molecule has 2 aliphatic rings. The predicted molar refractivity (Wildman–Crippen MR) is 80.0 cm³/mol. The maximum atomic E-state index is 11.0. The van der Waals surface area contributed by atoms with Crippen LogP contribution in [0.15, 0.2) is 0 Å². The first-order valence-corrected chi connectivity index (χ1v) is 7.94. The van der Waals surface area contributed by atoms with Crippen molar-refractivity contribution in [2.24, 2.45) is 0 Å². The highest BCUT2D eigenvalue weighted by Crippen LogP contribution is 2.22. The van der Waals surface area contributed by atoms with E-state index in [9.17, 15) is 4.79 Å². The largest absolute Gasteiger partial charge is 0.480 e. The number of nitrogens with zero attached hydrogens (tertiary/aromatic N) is 3. The van der Waals surface area contributed by atoms with Crippen molar-refractivity contribution in [3.05, 3.63) is 0 Å². The van der Waals surface area contributed by atoms with E-state index in [0.717, 1.165) is 51.4 Å². The fourth-order valence-corrected chi connectivity index (χ4v) is 3.48. The summed E-state index contributed by atoms with van der Waals surface area (Å²) in [6, 6.07) is 1.09. The van der Waals surface area contributed by atoms with Crippen LogP contribution in [-0.4, -0.2) is 83.2 Å². The first-order chi connectivity index (χ1) is 9.49. The SMILES string of the molecule is C[C@H](C(=O)O)N1CCN(CCN2[C@@H](C)CC[C@@H]2C)CC1. The van der Waals surface area contributed by atoms with Gasteiger partial charge in [-0.05, 0) is 33.6 Å². The molecule has 5 nitrogen and oxygen atoms in total. The lowest BCUT2D eigenvalue weighted by Crippen LogP contribution is -2.53. The number of hydrogen-bond donors (Lipinski definition) is 1. The second kappa shape index (κ2) is 6.87. The number of carboxylic acid groups (broad SMARTS) is 1. The van der Waals surface area contributed by atoms with E-state index < -0.39 is 5.97 Å². The van der Waals surface area contributed by atoms with Crippen LogP contribution >= 0.6 is 0 Å². The highest BCUT2D eigenvalue weighted by Gasteiger charge is 2.28. The minimum Gasteiger partial charge on any atom is -0.480 e. The van der Waals surface area contributed by atoms with Gasteiger partial charge in [0.15, 0.2) is 0 Å². The molecule has 0 saturated carbocycles. The Hall–Kier alpha value is -0.650. The van der Waals surface area contributed by atoms with Crippen molar-refractivity contribution >= 4 is 5.97 Å². The molecular formula is C15H29N3O2. The summed E-state index contributed by atoms with van der Waals surface area (Å²) in [7, 11) is 0. The minimum absolute atomic E-state index is 0.351. The molecule has 0 aromatic rings. The minimum atomic E-state index is -0.710. The molecule has 2 saturated heterocycles. The fraction of sp³-hybridized carbons (Fsp3) is 0.933. The molecular weight excluding hydrogens is 254 g/mol. The Kier molecular flexibility index (Phi) is 5.41. The number of rotatable bonds is 5. The van der Waals surface area contributed by atoms with Crippen molar-refractivity contribution in [1.29, 1.82) is 0 Å². The lowest BCUT2D eigenvalue weighted by Gasteiger charge is -2.38. The van der Waals surface area contributed by atoms with Gasteiger partial charge in [0.25, 0.3) is 0 Å². The Morgan fingerprint density at radius 1 is 1.10 bits per heavy atom. The van der Waals surface area contributed by atoms with Gasteiger partial charge in [-0.25, -0.2) is 0 Å². The van der Waals surface area contributed by atoms with Gasteiger partial charge in [0.2, 0.25) is 0 Å². The molecule has 20 heavy (non-hydrogen) atoms. The van der Waals surface area contributed by atoms with E-state index >= 15 is 0 Å². The average molecular weight is 283 g/mol. The second-order valence-corrected chi connectivity index (χ2v) is 6.41. The lowest BCUT2D eigenvalue weighted by molar-refractivity contribution is -0.143. The zero-order valence-electron chi connectivity index (χ0n) is 13.1. The maximum absolute atomic E-state index is 11.0. The molecule has 0 aromatic carbocycles. The quantitative estimate of drug-likeness (QED) is 0.814. The molecule has 2 rings (SSSR count). The van der Waals surface area contributed by atoms with Crippen LogP contribution in [-0.2, 0) is 4.79 Å². The number of piperazine rings is 1. The van der Waals surface area contributed by atoms with Crippen LogP contribution in [0.4, 0.5) is 0 Å². The molecule has 3 atom stereocenters. The van der Waals surface area contributed by atoms with Gasteiger partial charge in [0, 0.05) is 51.4 Å². The summed E-state index contributed by atoms with van der Waals surface area (Å²) in [6.07, 6.45) is 2.65. The molecule has 2 heterocycles. The Bertz CT molecular complexity index is 319. The molecule has 0 unspecified atom stereocenters. The summed E-state index contributed by atoms with van der Waals surface area (Å²) in [4.78, 5) is 18.2. The summed E-state index contributed by atoms with van der Waals surface area (Å²) >= 11 is 0. The summed E-state index contributed by atoms with van der Waals surface area (Å²) in [6.45, 7) is 12.4. The van der Waals surface area contributed by atoms with Crippen LogP contribution in [0.5, 0.6) is 0 Å². The third-order valence-corrected chi connectivity index (χ3v) is 5.12. The number of likely N-dealkylation sites (tertiary alicyclic amines) is 1. The molecule has 116 valence electrons.